The van der Waals surface area contributed by atoms with Crippen molar-refractivity contribution in [2.45, 2.75) is 59.5 Å². The Kier molecular flexibility index (Phi) is 14.0. The molecule has 1 atom stereocenters. The number of carbonyl (C=O) groups is 4. The number of aromatic nitrogens is 4. The minimum absolute atomic E-state index is 0.0102. The fourth-order valence-corrected chi connectivity index (χ4v) is 7.08. The number of hydrogen-bond acceptors (Lipinski definition) is 7. The van der Waals surface area contributed by atoms with Crippen molar-refractivity contribution in [1.82, 2.24) is 44.7 Å². The molecular weight excluding hydrogens is 770 g/mol. The van der Waals surface area contributed by atoms with E-state index in [9.17, 15) is 19.2 Å². The summed E-state index contributed by atoms with van der Waals surface area (Å²) in [5.74, 6) is -3.13. The highest BCUT2D eigenvalue weighted by Crippen LogP contribution is 2.33. The topological polar surface area (TPSA) is 150 Å². The van der Waals surface area contributed by atoms with Crippen LogP contribution in [0, 0.1) is 24.5 Å². The molecule has 1 aliphatic rings. The first-order chi connectivity index (χ1) is 27.4. The van der Waals surface area contributed by atoms with Gasteiger partial charge in [-0.3, -0.25) is 19.1 Å². The first kappa shape index (κ1) is 43.8. The van der Waals surface area contributed by atoms with Gasteiger partial charge in [0.05, 0.1) is 34.7 Å². The maximum atomic E-state index is 15.7. The molecule has 0 bridgehead atoms. The summed E-state index contributed by atoms with van der Waals surface area (Å²) in [6.07, 6.45) is 4.42. The third-order valence-electron chi connectivity index (χ3n) is 10.0. The maximum absolute atomic E-state index is 15.7. The minimum atomic E-state index is -1.12. The Hall–Kier alpha value is -5.35. The van der Waals surface area contributed by atoms with Crippen molar-refractivity contribution in [2.24, 2.45) is 13.0 Å². The molecular formula is C41H53ClF2N10O4. The van der Waals surface area contributed by atoms with Gasteiger partial charge in [-0.05, 0) is 85.4 Å². The van der Waals surface area contributed by atoms with Crippen molar-refractivity contribution in [2.75, 3.05) is 58.7 Å². The van der Waals surface area contributed by atoms with Gasteiger partial charge in [-0.25, -0.2) is 18.6 Å². The Labute approximate surface area is 342 Å². The Bertz CT molecular complexity index is 2150. The summed E-state index contributed by atoms with van der Waals surface area (Å²) in [7, 11) is 5.49. The number of anilines is 1. The molecule has 312 valence electrons. The van der Waals surface area contributed by atoms with Crippen LogP contribution < -0.4 is 16.0 Å². The molecule has 0 spiro atoms. The van der Waals surface area contributed by atoms with Crippen molar-refractivity contribution in [1.29, 1.82) is 0 Å². The van der Waals surface area contributed by atoms with Gasteiger partial charge >= 0.3 is 6.03 Å². The monoisotopic (exact) mass is 822 g/mol. The van der Waals surface area contributed by atoms with E-state index in [2.05, 4.69) is 30.9 Å². The van der Waals surface area contributed by atoms with Gasteiger partial charge < -0.3 is 35.2 Å². The largest absolute Gasteiger partial charge is 0.339 e. The number of aryl methyl sites for hydroxylation is 1. The van der Waals surface area contributed by atoms with Crippen molar-refractivity contribution < 1.29 is 28.0 Å². The van der Waals surface area contributed by atoms with Crippen molar-refractivity contribution >= 4 is 41.0 Å². The first-order valence-corrected chi connectivity index (χ1v) is 19.7. The number of hydrogen-bond donors (Lipinski definition) is 3. The number of imidazole rings is 1. The van der Waals surface area contributed by atoms with Crippen molar-refractivity contribution in [3.8, 4) is 22.4 Å². The van der Waals surface area contributed by atoms with E-state index in [-0.39, 0.29) is 63.5 Å². The number of rotatable bonds is 13. The first-order valence-electron chi connectivity index (χ1n) is 19.3. The molecule has 1 fully saturated rings. The van der Waals surface area contributed by atoms with E-state index in [1.165, 1.54) is 42.1 Å². The maximum Gasteiger partial charge on any atom is 0.315 e. The Balaban J connectivity index is 1.21. The van der Waals surface area contributed by atoms with Crippen LogP contribution in [0.3, 0.4) is 0 Å². The molecule has 1 unspecified atom stereocenters. The average molecular weight is 823 g/mol. The summed E-state index contributed by atoms with van der Waals surface area (Å²) in [5.41, 5.74) is 1.12. The number of carbonyl (C=O) groups excluding carboxylic acids is 4. The normalized spacial score (nSPS) is 13.8. The van der Waals surface area contributed by atoms with Crippen LogP contribution in [0.1, 0.15) is 67.2 Å². The van der Waals surface area contributed by atoms with Gasteiger partial charge in [0.1, 0.15) is 0 Å². The molecule has 3 N–H and O–H groups in total. The summed E-state index contributed by atoms with van der Waals surface area (Å²) >= 11 is 6.55. The molecule has 4 aromatic rings. The van der Waals surface area contributed by atoms with Gasteiger partial charge in [-0.15, -0.1) is 0 Å². The molecule has 1 saturated heterocycles. The Morgan fingerprint density at radius 2 is 1.62 bits per heavy atom. The molecule has 1 aliphatic heterocycles. The molecule has 2 aromatic carbocycles. The van der Waals surface area contributed by atoms with Crippen molar-refractivity contribution in [3.63, 3.8) is 0 Å². The highest BCUT2D eigenvalue weighted by atomic mass is 35.5. The van der Waals surface area contributed by atoms with Crippen LogP contribution in [0.2, 0.25) is 5.02 Å². The third-order valence-corrected chi connectivity index (χ3v) is 10.3. The third kappa shape index (κ3) is 10.4. The molecule has 3 heterocycles. The predicted octanol–water partition coefficient (Wildman–Crippen LogP) is 5.80. The second kappa shape index (κ2) is 18.5. The number of benzene rings is 2. The number of nitrogens with one attached hydrogen (secondary N) is 3. The fourth-order valence-electron chi connectivity index (χ4n) is 6.82. The summed E-state index contributed by atoms with van der Waals surface area (Å²) in [5, 5.41) is 12.8. The van der Waals surface area contributed by atoms with Gasteiger partial charge in [0, 0.05) is 79.8 Å². The van der Waals surface area contributed by atoms with Crippen LogP contribution in [0.25, 0.3) is 22.4 Å². The smallest absolute Gasteiger partial charge is 0.315 e. The standard InChI is InChI=1S/C41H53ClF2N10O4/c1-9-26(14-16-50(6)7)38(56)52-18-20-53(21-19-52)39(57)29-11-10-27(22-32(29)42)47-37(55)36-46-23-33(51(36)8)30-13-12-28(34(43)35(30)44)31-24-54(49-25(31)2)17-15-45-40(58)48-41(3,4)5/h10-13,22-24,26H,9,14-21H2,1-8H3,(H,47,55)(H2,45,48,58). The van der Waals surface area contributed by atoms with E-state index in [0.29, 0.717) is 49.7 Å². The second-order valence-electron chi connectivity index (χ2n) is 15.8. The Morgan fingerprint density at radius 3 is 2.26 bits per heavy atom. The van der Waals surface area contributed by atoms with E-state index in [1.807, 2.05) is 46.7 Å². The molecule has 58 heavy (non-hydrogen) atoms. The zero-order valence-electron chi connectivity index (χ0n) is 34.4. The number of nitrogens with zero attached hydrogens (tertiary/aromatic N) is 7. The number of halogens is 3. The number of piperazine rings is 1. The van der Waals surface area contributed by atoms with Crippen molar-refractivity contribution in [3.05, 3.63) is 76.5 Å². The predicted molar refractivity (Wildman–Crippen MR) is 220 cm³/mol. The lowest BCUT2D eigenvalue weighted by molar-refractivity contribution is -0.137. The second-order valence-corrected chi connectivity index (χ2v) is 16.2. The molecule has 0 aliphatic carbocycles. The van der Waals surface area contributed by atoms with Gasteiger partial charge in [0.15, 0.2) is 17.5 Å². The Morgan fingerprint density at radius 1 is 0.966 bits per heavy atom. The number of amides is 5. The van der Waals surface area contributed by atoms with Crippen LogP contribution >= 0.6 is 11.6 Å². The van der Waals surface area contributed by atoms with Gasteiger partial charge in [-0.2, -0.15) is 5.10 Å². The lowest BCUT2D eigenvalue weighted by Crippen LogP contribution is -2.52. The highest BCUT2D eigenvalue weighted by Gasteiger charge is 2.30. The molecule has 5 amide bonds. The quantitative estimate of drug-likeness (QED) is 0.154. The van der Waals surface area contributed by atoms with Crippen LogP contribution in [0.4, 0.5) is 19.3 Å². The van der Waals surface area contributed by atoms with E-state index in [1.54, 1.807) is 28.8 Å². The molecule has 0 radical (unpaired) electrons. The zero-order chi connectivity index (χ0) is 42.5. The SMILES string of the molecule is CCC(CCN(C)C)C(=O)N1CCN(C(=O)c2ccc(NC(=O)c3ncc(-c4ccc(-c5cn(CCNC(=O)NC(C)(C)C)nc5C)c(F)c4F)n3C)cc2Cl)CC1. The fraction of sp³-hybridized carbons (Fsp3) is 0.463. The summed E-state index contributed by atoms with van der Waals surface area (Å²) in [4.78, 5) is 61.7. The summed E-state index contributed by atoms with van der Waals surface area (Å²) < 4.78 is 34.3. The van der Waals surface area contributed by atoms with E-state index in [4.69, 9.17) is 11.6 Å². The highest BCUT2D eigenvalue weighted by molar-refractivity contribution is 6.34. The number of urea groups is 1. The van der Waals surface area contributed by atoms with Crippen LogP contribution in [-0.2, 0) is 18.4 Å². The van der Waals surface area contributed by atoms with Crippen LogP contribution in [0.5, 0.6) is 0 Å². The van der Waals surface area contributed by atoms with Gasteiger partial charge in [0.25, 0.3) is 11.8 Å². The molecule has 17 heteroatoms. The van der Waals surface area contributed by atoms with Crippen LogP contribution in [-0.4, -0.2) is 117 Å². The molecule has 14 nitrogen and oxygen atoms in total. The summed E-state index contributed by atoms with van der Waals surface area (Å²) in [6, 6.07) is 7.09. The van der Waals surface area contributed by atoms with Crippen LogP contribution in [0.15, 0.2) is 42.7 Å². The van der Waals surface area contributed by atoms with E-state index in [0.717, 1.165) is 19.4 Å². The summed E-state index contributed by atoms with van der Waals surface area (Å²) in [6.45, 7) is 12.3. The van der Waals surface area contributed by atoms with Gasteiger partial charge in [-0.1, -0.05) is 24.6 Å². The van der Waals surface area contributed by atoms with E-state index < -0.39 is 23.1 Å². The molecule has 5 rings (SSSR count). The zero-order valence-corrected chi connectivity index (χ0v) is 35.1. The molecule has 0 saturated carbocycles. The lowest BCUT2D eigenvalue weighted by Gasteiger charge is -2.36. The minimum Gasteiger partial charge on any atom is -0.339 e. The molecule has 2 aromatic heterocycles. The van der Waals surface area contributed by atoms with E-state index >= 15 is 8.78 Å². The lowest BCUT2D eigenvalue weighted by atomic mass is 10.00. The average Bonchev–Trinajstić information content (AvgIpc) is 3.73. The van der Waals surface area contributed by atoms with Gasteiger partial charge in [0.2, 0.25) is 5.91 Å².